The van der Waals surface area contributed by atoms with Gasteiger partial charge >= 0.3 is 0 Å². The van der Waals surface area contributed by atoms with Crippen molar-refractivity contribution in [3.05, 3.63) is 41.5 Å². The molecule has 0 aliphatic rings. The topological polar surface area (TPSA) is 80.5 Å². The minimum Gasteiger partial charge on any atom is -0.420 e. The number of thioether (sulfide) groups is 1. The minimum absolute atomic E-state index is 0.477. The van der Waals surface area contributed by atoms with Crippen molar-refractivity contribution in [1.82, 2.24) is 25.4 Å². The number of hydrogen-bond donors (Lipinski definition) is 1. The molecule has 0 fully saturated rings. The zero-order chi connectivity index (χ0) is 13.1. The molecule has 0 spiro atoms. The molecule has 0 amide bonds. The third kappa shape index (κ3) is 2.94. The van der Waals surface area contributed by atoms with Crippen LogP contribution in [0.1, 0.15) is 5.89 Å². The summed E-state index contributed by atoms with van der Waals surface area (Å²) in [5, 5.41) is 15.9. The first-order valence-electron chi connectivity index (χ1n) is 5.38. The van der Waals surface area contributed by atoms with Gasteiger partial charge in [0.05, 0.1) is 5.75 Å². The molecule has 0 aliphatic carbocycles. The molecule has 2 aromatic heterocycles. The van der Waals surface area contributed by atoms with Crippen LogP contribution in [-0.4, -0.2) is 25.4 Å². The Hall–Kier alpha value is -1.86. The van der Waals surface area contributed by atoms with Crippen LogP contribution in [0.25, 0.3) is 11.5 Å². The van der Waals surface area contributed by atoms with Crippen molar-refractivity contribution in [3.8, 4) is 11.5 Å². The Morgan fingerprint density at radius 1 is 1.21 bits per heavy atom. The lowest BCUT2D eigenvalue weighted by Crippen LogP contribution is -1.81. The quantitative estimate of drug-likeness (QED) is 0.745. The van der Waals surface area contributed by atoms with Crippen molar-refractivity contribution in [1.29, 1.82) is 0 Å². The molecular formula is C11H8ClN5OS. The lowest BCUT2D eigenvalue weighted by molar-refractivity contribution is 0.528. The Kier molecular flexibility index (Phi) is 3.47. The molecule has 2 heterocycles. The summed E-state index contributed by atoms with van der Waals surface area (Å²) in [5.74, 6) is 1.55. The first kappa shape index (κ1) is 12.2. The van der Waals surface area contributed by atoms with Gasteiger partial charge in [0.25, 0.3) is 0 Å². The van der Waals surface area contributed by atoms with Gasteiger partial charge in [-0.25, -0.2) is 4.98 Å². The average Bonchev–Trinajstić information content (AvgIpc) is 3.09. The highest BCUT2D eigenvalue weighted by molar-refractivity contribution is 7.98. The molecular weight excluding hydrogens is 286 g/mol. The average molecular weight is 294 g/mol. The SMILES string of the molecule is Clc1ccc(-c2nnc(CSc3ncn[nH]3)o2)cc1. The van der Waals surface area contributed by atoms with E-state index >= 15 is 0 Å². The molecule has 0 unspecified atom stereocenters. The molecule has 0 radical (unpaired) electrons. The molecule has 96 valence electrons. The van der Waals surface area contributed by atoms with Crippen molar-refractivity contribution < 1.29 is 4.42 Å². The molecule has 3 aromatic rings. The molecule has 8 heteroatoms. The zero-order valence-corrected chi connectivity index (χ0v) is 11.1. The third-order valence-corrected chi connectivity index (χ3v) is 3.40. The van der Waals surface area contributed by atoms with E-state index in [1.54, 1.807) is 12.1 Å². The van der Waals surface area contributed by atoms with E-state index in [9.17, 15) is 0 Å². The summed E-state index contributed by atoms with van der Waals surface area (Å²) in [6.07, 6.45) is 1.45. The predicted octanol–water partition coefficient (Wildman–Crippen LogP) is 2.80. The normalized spacial score (nSPS) is 10.8. The van der Waals surface area contributed by atoms with E-state index in [0.29, 0.717) is 27.7 Å². The molecule has 19 heavy (non-hydrogen) atoms. The molecule has 3 rings (SSSR count). The smallest absolute Gasteiger partial charge is 0.247 e. The maximum atomic E-state index is 5.82. The molecule has 1 N–H and O–H groups in total. The van der Waals surface area contributed by atoms with Crippen LogP contribution in [0, 0.1) is 0 Å². The Balaban J connectivity index is 1.70. The maximum absolute atomic E-state index is 5.82. The van der Waals surface area contributed by atoms with Gasteiger partial charge in [-0.1, -0.05) is 23.4 Å². The molecule has 0 bridgehead atoms. The number of halogens is 1. The van der Waals surface area contributed by atoms with Gasteiger partial charge in [0, 0.05) is 10.6 Å². The lowest BCUT2D eigenvalue weighted by atomic mass is 10.2. The number of H-pyrrole nitrogens is 1. The maximum Gasteiger partial charge on any atom is 0.247 e. The van der Waals surface area contributed by atoms with E-state index < -0.39 is 0 Å². The van der Waals surface area contributed by atoms with Crippen LogP contribution < -0.4 is 0 Å². The highest BCUT2D eigenvalue weighted by atomic mass is 35.5. The van der Waals surface area contributed by atoms with E-state index in [4.69, 9.17) is 16.0 Å². The van der Waals surface area contributed by atoms with Crippen molar-refractivity contribution in [2.45, 2.75) is 10.9 Å². The van der Waals surface area contributed by atoms with Crippen LogP contribution in [0.2, 0.25) is 5.02 Å². The summed E-state index contributed by atoms with van der Waals surface area (Å²) >= 11 is 7.27. The van der Waals surface area contributed by atoms with E-state index in [1.165, 1.54) is 18.1 Å². The minimum atomic E-state index is 0.477. The second kappa shape index (κ2) is 5.41. The summed E-state index contributed by atoms with van der Waals surface area (Å²) < 4.78 is 5.56. The molecule has 0 saturated carbocycles. The molecule has 0 saturated heterocycles. The fourth-order valence-electron chi connectivity index (χ4n) is 1.41. The van der Waals surface area contributed by atoms with Crippen molar-refractivity contribution in [2.24, 2.45) is 0 Å². The van der Waals surface area contributed by atoms with Crippen LogP contribution >= 0.6 is 23.4 Å². The fourth-order valence-corrected chi connectivity index (χ4v) is 2.16. The molecule has 0 atom stereocenters. The number of aromatic amines is 1. The van der Waals surface area contributed by atoms with Crippen molar-refractivity contribution in [2.75, 3.05) is 0 Å². The Morgan fingerprint density at radius 3 is 2.79 bits per heavy atom. The van der Waals surface area contributed by atoms with Gasteiger partial charge in [-0.2, -0.15) is 5.10 Å². The van der Waals surface area contributed by atoms with Crippen LogP contribution in [0.5, 0.6) is 0 Å². The summed E-state index contributed by atoms with van der Waals surface area (Å²) in [6, 6.07) is 7.24. The molecule has 0 aliphatic heterocycles. The third-order valence-electron chi connectivity index (χ3n) is 2.28. The van der Waals surface area contributed by atoms with Crippen LogP contribution in [0.15, 0.2) is 40.2 Å². The summed E-state index contributed by atoms with van der Waals surface area (Å²) in [4.78, 5) is 4.00. The van der Waals surface area contributed by atoms with E-state index in [-0.39, 0.29) is 0 Å². The van der Waals surface area contributed by atoms with Gasteiger partial charge < -0.3 is 4.42 Å². The standard InChI is InChI=1S/C11H8ClN5OS/c12-8-3-1-7(2-4-8)10-16-15-9(18-10)5-19-11-13-6-14-17-11/h1-4,6H,5H2,(H,13,14,17). The number of benzene rings is 1. The zero-order valence-electron chi connectivity index (χ0n) is 9.58. The first-order valence-corrected chi connectivity index (χ1v) is 6.74. The number of nitrogens with one attached hydrogen (secondary N) is 1. The fraction of sp³-hybridized carbons (Fsp3) is 0.0909. The Morgan fingerprint density at radius 2 is 2.05 bits per heavy atom. The predicted molar refractivity (Wildman–Crippen MR) is 70.7 cm³/mol. The number of hydrogen-bond acceptors (Lipinski definition) is 6. The van der Waals surface area contributed by atoms with Gasteiger partial charge in [-0.15, -0.1) is 10.2 Å². The van der Waals surface area contributed by atoms with Crippen molar-refractivity contribution in [3.63, 3.8) is 0 Å². The highest BCUT2D eigenvalue weighted by Crippen LogP contribution is 2.23. The largest absolute Gasteiger partial charge is 0.420 e. The van der Waals surface area contributed by atoms with Crippen LogP contribution in [0.3, 0.4) is 0 Å². The monoisotopic (exact) mass is 293 g/mol. The number of nitrogens with zero attached hydrogens (tertiary/aromatic N) is 4. The number of rotatable bonds is 4. The van der Waals surface area contributed by atoms with Crippen LogP contribution in [0.4, 0.5) is 0 Å². The van der Waals surface area contributed by atoms with E-state index in [2.05, 4.69) is 25.4 Å². The molecule has 6 nitrogen and oxygen atoms in total. The summed E-state index contributed by atoms with van der Waals surface area (Å²) in [6.45, 7) is 0. The van der Waals surface area contributed by atoms with E-state index in [0.717, 1.165) is 5.56 Å². The summed E-state index contributed by atoms with van der Waals surface area (Å²) in [5.41, 5.74) is 0.841. The van der Waals surface area contributed by atoms with Gasteiger partial charge in [-0.3, -0.25) is 5.10 Å². The van der Waals surface area contributed by atoms with Gasteiger partial charge in [0.15, 0.2) is 5.16 Å². The van der Waals surface area contributed by atoms with Gasteiger partial charge in [0.2, 0.25) is 11.8 Å². The first-order chi connectivity index (χ1) is 9.31. The second-order valence-corrected chi connectivity index (χ2v) is 4.99. The van der Waals surface area contributed by atoms with E-state index in [1.807, 2.05) is 12.1 Å². The Labute approximate surface area is 117 Å². The van der Waals surface area contributed by atoms with Crippen molar-refractivity contribution >= 4 is 23.4 Å². The van der Waals surface area contributed by atoms with Gasteiger partial charge in [-0.05, 0) is 24.3 Å². The number of aromatic nitrogens is 5. The second-order valence-electron chi connectivity index (χ2n) is 3.59. The lowest BCUT2D eigenvalue weighted by Gasteiger charge is -1.94. The Bertz CT molecular complexity index is 652. The van der Waals surface area contributed by atoms with Crippen LogP contribution in [-0.2, 0) is 5.75 Å². The summed E-state index contributed by atoms with van der Waals surface area (Å²) in [7, 11) is 0. The van der Waals surface area contributed by atoms with Gasteiger partial charge in [0.1, 0.15) is 6.33 Å². The highest BCUT2D eigenvalue weighted by Gasteiger charge is 2.09. The molecule has 1 aromatic carbocycles.